The van der Waals surface area contributed by atoms with Crippen molar-refractivity contribution in [2.24, 2.45) is 0 Å². The maximum atomic E-state index is 12.4. The Balaban J connectivity index is 1.65. The van der Waals surface area contributed by atoms with Gasteiger partial charge in [-0.3, -0.25) is 4.79 Å². The van der Waals surface area contributed by atoms with Crippen LogP contribution in [0.3, 0.4) is 0 Å². The number of amides is 1. The van der Waals surface area contributed by atoms with Crippen molar-refractivity contribution >= 4 is 34.5 Å². The number of anilines is 1. The van der Waals surface area contributed by atoms with E-state index in [1.165, 1.54) is 29.5 Å². The van der Waals surface area contributed by atoms with Crippen LogP contribution in [0.15, 0.2) is 53.4 Å². The molecule has 3 rings (SSSR count). The van der Waals surface area contributed by atoms with Crippen molar-refractivity contribution in [2.75, 3.05) is 5.32 Å². The van der Waals surface area contributed by atoms with Crippen molar-refractivity contribution < 1.29 is 23.0 Å². The molecule has 2 aromatic carbocycles. The molecular weight excluding hydrogens is 398 g/mol. The number of carbonyl (C=O) groups excluding carboxylic acids is 1. The van der Waals surface area contributed by atoms with Crippen molar-refractivity contribution in [3.05, 3.63) is 69.6 Å². The minimum absolute atomic E-state index is 0.0338. The maximum Gasteiger partial charge on any atom is 0.387 e. The van der Waals surface area contributed by atoms with Gasteiger partial charge in [-0.05, 0) is 36.4 Å². The van der Waals surface area contributed by atoms with Gasteiger partial charge in [-0.2, -0.15) is 8.78 Å². The van der Waals surface area contributed by atoms with Crippen LogP contribution in [0.25, 0.3) is 0 Å². The van der Waals surface area contributed by atoms with Crippen LogP contribution < -0.4 is 14.8 Å². The van der Waals surface area contributed by atoms with Gasteiger partial charge < -0.3 is 14.8 Å². The van der Waals surface area contributed by atoms with E-state index in [4.69, 9.17) is 16.3 Å². The first-order valence-electron chi connectivity index (χ1n) is 7.67. The summed E-state index contributed by atoms with van der Waals surface area (Å²) in [6.45, 7) is -2.68. The fourth-order valence-electron chi connectivity index (χ4n) is 2.17. The largest absolute Gasteiger partial charge is 0.487 e. The van der Waals surface area contributed by atoms with Crippen molar-refractivity contribution in [3.8, 4) is 11.5 Å². The van der Waals surface area contributed by atoms with E-state index in [1.54, 1.807) is 29.8 Å². The Morgan fingerprint density at radius 3 is 2.81 bits per heavy atom. The lowest BCUT2D eigenvalue weighted by Gasteiger charge is -2.10. The molecule has 0 radical (unpaired) electrons. The molecular formula is C18H13ClF2N2O3S. The van der Waals surface area contributed by atoms with Crippen molar-refractivity contribution in [2.45, 2.75) is 13.2 Å². The molecule has 5 nitrogen and oxygen atoms in total. The van der Waals surface area contributed by atoms with Crippen LogP contribution in [0.5, 0.6) is 11.5 Å². The predicted molar refractivity (Wildman–Crippen MR) is 98.9 cm³/mol. The fraction of sp³-hybridized carbons (Fsp3) is 0.111. The molecule has 0 atom stereocenters. The van der Waals surface area contributed by atoms with E-state index in [-0.39, 0.29) is 10.8 Å². The lowest BCUT2D eigenvalue weighted by Crippen LogP contribution is -2.12. The average molecular weight is 411 g/mol. The zero-order valence-corrected chi connectivity index (χ0v) is 15.3. The molecule has 0 spiro atoms. The molecule has 140 valence electrons. The summed E-state index contributed by atoms with van der Waals surface area (Å²) in [4.78, 5) is 16.5. The Morgan fingerprint density at radius 1 is 1.26 bits per heavy atom. The van der Waals surface area contributed by atoms with Crippen LogP contribution in [0.1, 0.15) is 16.1 Å². The van der Waals surface area contributed by atoms with E-state index in [0.29, 0.717) is 23.6 Å². The van der Waals surface area contributed by atoms with Gasteiger partial charge >= 0.3 is 6.61 Å². The normalized spacial score (nSPS) is 10.7. The summed E-state index contributed by atoms with van der Waals surface area (Å²) in [6, 6.07) is 10.7. The number of halogens is 3. The van der Waals surface area contributed by atoms with E-state index in [2.05, 4.69) is 15.0 Å². The van der Waals surface area contributed by atoms with E-state index < -0.39 is 12.5 Å². The molecule has 0 unspecified atom stereocenters. The van der Waals surface area contributed by atoms with Gasteiger partial charge in [0.1, 0.15) is 18.1 Å². The number of nitrogens with one attached hydrogen (secondary N) is 1. The highest BCUT2D eigenvalue weighted by Crippen LogP contribution is 2.29. The molecule has 1 N–H and O–H groups in total. The van der Waals surface area contributed by atoms with Crippen LogP contribution in [-0.2, 0) is 6.61 Å². The summed E-state index contributed by atoms with van der Waals surface area (Å²) in [5.41, 5.74) is 3.23. The number of hydrogen-bond acceptors (Lipinski definition) is 5. The number of thiazole rings is 1. The van der Waals surface area contributed by atoms with Crippen molar-refractivity contribution in [3.63, 3.8) is 0 Å². The number of benzene rings is 2. The van der Waals surface area contributed by atoms with Crippen LogP contribution >= 0.6 is 22.9 Å². The smallest absolute Gasteiger partial charge is 0.387 e. The quantitative estimate of drug-likeness (QED) is 0.579. The first kappa shape index (κ1) is 19.1. The number of ether oxygens (including phenoxy) is 2. The second-order valence-electron chi connectivity index (χ2n) is 5.27. The zero-order chi connectivity index (χ0) is 19.2. The van der Waals surface area contributed by atoms with Gasteiger partial charge in [0.15, 0.2) is 0 Å². The van der Waals surface area contributed by atoms with Gasteiger partial charge in [-0.25, -0.2) is 4.98 Å². The lowest BCUT2D eigenvalue weighted by molar-refractivity contribution is -0.0497. The number of rotatable bonds is 7. The topological polar surface area (TPSA) is 60.5 Å². The van der Waals surface area contributed by atoms with Crippen LogP contribution in [-0.4, -0.2) is 17.5 Å². The van der Waals surface area contributed by atoms with Gasteiger partial charge in [0.2, 0.25) is 0 Å². The molecule has 0 aliphatic rings. The van der Waals surface area contributed by atoms with Crippen molar-refractivity contribution in [1.82, 2.24) is 4.98 Å². The van der Waals surface area contributed by atoms with E-state index in [1.807, 2.05) is 5.38 Å². The SMILES string of the molecule is O=C(Nc1ccc(OC(F)F)c(Cl)c1)c1cccc(OCc2cscn2)c1. The number of alkyl halides is 2. The number of aromatic nitrogens is 1. The summed E-state index contributed by atoms with van der Waals surface area (Å²) in [5.74, 6) is -0.0378. The lowest BCUT2D eigenvalue weighted by atomic mass is 10.2. The zero-order valence-electron chi connectivity index (χ0n) is 13.7. The van der Waals surface area contributed by atoms with Gasteiger partial charge in [0.25, 0.3) is 5.91 Å². The molecule has 27 heavy (non-hydrogen) atoms. The first-order chi connectivity index (χ1) is 13.0. The van der Waals surface area contributed by atoms with Crippen LogP contribution in [0.2, 0.25) is 5.02 Å². The maximum absolute atomic E-state index is 12.4. The standard InChI is InChI=1S/C18H13ClF2N2O3S/c19-15-7-12(4-5-16(15)26-18(20)21)23-17(24)11-2-1-3-14(6-11)25-8-13-9-27-10-22-13/h1-7,9-10,18H,8H2,(H,23,24). The summed E-state index contributed by atoms with van der Waals surface area (Å²) >= 11 is 7.36. The molecule has 0 aliphatic heterocycles. The fourth-order valence-corrected chi connectivity index (χ4v) is 2.93. The Bertz CT molecular complexity index is 923. The number of hydrogen-bond donors (Lipinski definition) is 1. The highest BCUT2D eigenvalue weighted by molar-refractivity contribution is 7.07. The van der Waals surface area contributed by atoms with E-state index in [9.17, 15) is 13.6 Å². The monoisotopic (exact) mass is 410 g/mol. The molecule has 9 heteroatoms. The van der Waals surface area contributed by atoms with Gasteiger partial charge in [-0.15, -0.1) is 11.3 Å². The Morgan fingerprint density at radius 2 is 2.11 bits per heavy atom. The minimum atomic E-state index is -2.98. The summed E-state index contributed by atoms with van der Waals surface area (Å²) < 4.78 is 34.4. The second-order valence-corrected chi connectivity index (χ2v) is 6.40. The molecule has 0 fully saturated rings. The minimum Gasteiger partial charge on any atom is -0.487 e. The van der Waals surface area contributed by atoms with E-state index in [0.717, 1.165) is 5.69 Å². The molecule has 1 amide bonds. The molecule has 1 aromatic heterocycles. The Labute approximate surface area is 162 Å². The highest BCUT2D eigenvalue weighted by Gasteiger charge is 2.12. The first-order valence-corrected chi connectivity index (χ1v) is 8.99. The molecule has 0 saturated carbocycles. The number of nitrogens with zero attached hydrogens (tertiary/aromatic N) is 1. The van der Waals surface area contributed by atoms with Gasteiger partial charge in [-0.1, -0.05) is 17.7 Å². The molecule has 0 aliphatic carbocycles. The van der Waals surface area contributed by atoms with E-state index >= 15 is 0 Å². The third kappa shape index (κ3) is 5.38. The highest BCUT2D eigenvalue weighted by atomic mass is 35.5. The van der Waals surface area contributed by atoms with Gasteiger partial charge in [0, 0.05) is 16.6 Å². The van der Waals surface area contributed by atoms with Crippen LogP contribution in [0, 0.1) is 0 Å². The molecule has 0 bridgehead atoms. The molecule has 0 saturated heterocycles. The summed E-state index contributed by atoms with van der Waals surface area (Å²) in [6.07, 6.45) is 0. The predicted octanol–water partition coefficient (Wildman–Crippen LogP) is 5.23. The third-order valence-electron chi connectivity index (χ3n) is 3.37. The molecule has 3 aromatic rings. The van der Waals surface area contributed by atoms with Gasteiger partial charge in [0.05, 0.1) is 16.2 Å². The molecule has 1 heterocycles. The summed E-state index contributed by atoms with van der Waals surface area (Å²) in [5, 5.41) is 4.49. The van der Waals surface area contributed by atoms with Crippen LogP contribution in [0.4, 0.5) is 14.5 Å². The average Bonchev–Trinajstić information content (AvgIpc) is 3.16. The van der Waals surface area contributed by atoms with Crippen molar-refractivity contribution in [1.29, 1.82) is 0 Å². The number of carbonyl (C=O) groups is 1. The Hall–Kier alpha value is -2.71. The summed E-state index contributed by atoms with van der Waals surface area (Å²) in [7, 11) is 0. The Kier molecular flexibility index (Phi) is 6.20. The second kappa shape index (κ2) is 8.79. The third-order valence-corrected chi connectivity index (χ3v) is 4.30.